The third-order valence-corrected chi connectivity index (χ3v) is 3.51. The van der Waals surface area contributed by atoms with Crippen molar-refractivity contribution in [2.24, 2.45) is 0 Å². The summed E-state index contributed by atoms with van der Waals surface area (Å²) in [6, 6.07) is 16.5. The molecule has 0 aliphatic heterocycles. The van der Waals surface area contributed by atoms with Gasteiger partial charge in [0, 0.05) is 30.8 Å². The highest BCUT2D eigenvalue weighted by Crippen LogP contribution is 2.21. The lowest BCUT2D eigenvalue weighted by molar-refractivity contribution is 0.723. The normalized spacial score (nSPS) is 10.6. The number of hydrogen-bond acceptors (Lipinski definition) is 2. The van der Waals surface area contributed by atoms with Gasteiger partial charge in [-0.05, 0) is 35.9 Å². The summed E-state index contributed by atoms with van der Waals surface area (Å²) in [5.74, 6) is 0. The minimum atomic E-state index is 0.789. The number of rotatable bonds is 6. The summed E-state index contributed by atoms with van der Waals surface area (Å²) in [6.07, 6.45) is 0. The summed E-state index contributed by atoms with van der Waals surface area (Å²) in [4.78, 5) is 2.26. The van der Waals surface area contributed by atoms with Gasteiger partial charge < -0.3 is 10.2 Å². The fraction of sp³-hybridized carbons (Fsp3) is 0.294. The molecule has 0 atom stereocenters. The average Bonchev–Trinajstić information content (AvgIpc) is 2.45. The van der Waals surface area contributed by atoms with Crippen LogP contribution in [0.1, 0.15) is 18.1 Å². The fourth-order valence-corrected chi connectivity index (χ4v) is 2.50. The summed E-state index contributed by atoms with van der Waals surface area (Å²) in [5.41, 5.74) is 3.80. The smallest absolute Gasteiger partial charge is 0.0426 e. The molecule has 3 heteroatoms. The van der Waals surface area contributed by atoms with E-state index in [0.717, 1.165) is 24.7 Å². The number of nitrogens with one attached hydrogen (secondary N) is 1. The van der Waals surface area contributed by atoms with Gasteiger partial charge in [-0.15, -0.1) is 0 Å². The van der Waals surface area contributed by atoms with Crippen LogP contribution in [-0.4, -0.2) is 13.6 Å². The molecule has 0 aliphatic rings. The number of anilines is 1. The van der Waals surface area contributed by atoms with Gasteiger partial charge in [0.2, 0.25) is 0 Å². The van der Waals surface area contributed by atoms with Crippen molar-refractivity contribution in [3.63, 3.8) is 0 Å². The maximum absolute atomic E-state index is 6.05. The van der Waals surface area contributed by atoms with Crippen LogP contribution in [0.5, 0.6) is 0 Å². The van der Waals surface area contributed by atoms with Crippen LogP contribution in [0.3, 0.4) is 0 Å². The number of halogens is 1. The minimum absolute atomic E-state index is 0.789. The molecule has 0 aromatic heterocycles. The van der Waals surface area contributed by atoms with Gasteiger partial charge in [-0.25, -0.2) is 0 Å². The lowest BCUT2D eigenvalue weighted by atomic mass is 10.1. The van der Waals surface area contributed by atoms with Crippen LogP contribution in [0.2, 0.25) is 5.02 Å². The van der Waals surface area contributed by atoms with Gasteiger partial charge in [0.25, 0.3) is 0 Å². The first-order valence-electron chi connectivity index (χ1n) is 6.95. The molecule has 1 N–H and O–H groups in total. The Morgan fingerprint density at radius 2 is 1.90 bits per heavy atom. The van der Waals surface area contributed by atoms with Gasteiger partial charge in [0.1, 0.15) is 0 Å². The highest BCUT2D eigenvalue weighted by Gasteiger charge is 2.07. The second-order valence-corrected chi connectivity index (χ2v) is 5.33. The topological polar surface area (TPSA) is 15.3 Å². The van der Waals surface area contributed by atoms with Gasteiger partial charge in [-0.1, -0.05) is 48.9 Å². The Balaban J connectivity index is 2.14. The molecule has 0 aliphatic carbocycles. The lowest BCUT2D eigenvalue weighted by Gasteiger charge is -2.23. The molecule has 2 aromatic carbocycles. The fourth-order valence-electron chi connectivity index (χ4n) is 2.29. The number of hydrogen-bond donors (Lipinski definition) is 1. The van der Waals surface area contributed by atoms with E-state index >= 15 is 0 Å². The molecular formula is C17H21ClN2. The highest BCUT2D eigenvalue weighted by molar-refractivity contribution is 6.30. The van der Waals surface area contributed by atoms with E-state index in [-0.39, 0.29) is 0 Å². The number of para-hydroxylation sites is 1. The van der Waals surface area contributed by atoms with Crippen molar-refractivity contribution in [3.8, 4) is 0 Å². The molecule has 20 heavy (non-hydrogen) atoms. The zero-order valence-corrected chi connectivity index (χ0v) is 12.8. The molecule has 106 valence electrons. The zero-order chi connectivity index (χ0) is 14.4. The van der Waals surface area contributed by atoms with Crippen molar-refractivity contribution in [2.75, 3.05) is 18.5 Å². The third-order valence-electron chi connectivity index (χ3n) is 3.28. The molecular weight excluding hydrogens is 268 g/mol. The van der Waals surface area contributed by atoms with Gasteiger partial charge in [-0.3, -0.25) is 0 Å². The van der Waals surface area contributed by atoms with E-state index < -0.39 is 0 Å². The predicted molar refractivity (Wildman–Crippen MR) is 87.4 cm³/mol. The Hall–Kier alpha value is -1.51. The van der Waals surface area contributed by atoms with Crippen molar-refractivity contribution >= 4 is 17.3 Å². The largest absolute Gasteiger partial charge is 0.370 e. The van der Waals surface area contributed by atoms with Gasteiger partial charge in [0.15, 0.2) is 0 Å². The first kappa shape index (κ1) is 14.9. The van der Waals surface area contributed by atoms with E-state index in [1.165, 1.54) is 16.8 Å². The Kier molecular flexibility index (Phi) is 5.45. The molecule has 0 saturated carbocycles. The quantitative estimate of drug-likeness (QED) is 0.861. The van der Waals surface area contributed by atoms with Crippen molar-refractivity contribution in [1.82, 2.24) is 5.32 Å². The Morgan fingerprint density at radius 3 is 2.65 bits per heavy atom. The Labute approximate surface area is 126 Å². The monoisotopic (exact) mass is 288 g/mol. The third kappa shape index (κ3) is 3.99. The average molecular weight is 289 g/mol. The van der Waals surface area contributed by atoms with Crippen LogP contribution in [0.25, 0.3) is 0 Å². The molecule has 0 amide bonds. The van der Waals surface area contributed by atoms with Crippen LogP contribution in [-0.2, 0) is 13.1 Å². The second-order valence-electron chi connectivity index (χ2n) is 4.90. The van der Waals surface area contributed by atoms with E-state index in [0.29, 0.717) is 0 Å². The molecule has 0 fully saturated rings. The molecule has 0 unspecified atom stereocenters. The van der Waals surface area contributed by atoms with E-state index in [4.69, 9.17) is 11.6 Å². The van der Waals surface area contributed by atoms with Gasteiger partial charge >= 0.3 is 0 Å². The molecule has 0 radical (unpaired) electrons. The Morgan fingerprint density at radius 1 is 1.10 bits per heavy atom. The van der Waals surface area contributed by atoms with Crippen molar-refractivity contribution in [3.05, 3.63) is 64.7 Å². The SMILES string of the molecule is CCNCc1ccccc1N(C)Cc1cccc(Cl)c1. The van der Waals surface area contributed by atoms with E-state index in [9.17, 15) is 0 Å². The van der Waals surface area contributed by atoms with Crippen LogP contribution < -0.4 is 10.2 Å². The van der Waals surface area contributed by atoms with Crippen LogP contribution in [0.4, 0.5) is 5.69 Å². The first-order valence-corrected chi connectivity index (χ1v) is 7.32. The van der Waals surface area contributed by atoms with Crippen LogP contribution in [0.15, 0.2) is 48.5 Å². The van der Waals surface area contributed by atoms with E-state index in [1.807, 2.05) is 18.2 Å². The predicted octanol–water partition coefficient (Wildman–Crippen LogP) is 4.09. The summed E-state index contributed by atoms with van der Waals surface area (Å²) >= 11 is 6.05. The van der Waals surface area contributed by atoms with Gasteiger partial charge in [0.05, 0.1) is 0 Å². The summed E-state index contributed by atoms with van der Waals surface area (Å²) < 4.78 is 0. The number of benzene rings is 2. The molecule has 0 saturated heterocycles. The summed E-state index contributed by atoms with van der Waals surface area (Å²) in [7, 11) is 2.12. The first-order chi connectivity index (χ1) is 9.70. The Bertz CT molecular complexity index is 554. The highest BCUT2D eigenvalue weighted by atomic mass is 35.5. The van der Waals surface area contributed by atoms with E-state index in [2.05, 4.69) is 54.5 Å². The van der Waals surface area contributed by atoms with Crippen molar-refractivity contribution in [1.29, 1.82) is 0 Å². The minimum Gasteiger partial charge on any atom is -0.370 e. The zero-order valence-electron chi connectivity index (χ0n) is 12.1. The van der Waals surface area contributed by atoms with Crippen molar-refractivity contribution < 1.29 is 0 Å². The standard InChI is InChI=1S/C17H21ClN2/c1-3-19-12-15-8-4-5-10-17(15)20(2)13-14-7-6-9-16(18)11-14/h4-11,19H,3,12-13H2,1-2H3. The maximum atomic E-state index is 6.05. The summed E-state index contributed by atoms with van der Waals surface area (Å²) in [6.45, 7) is 4.85. The van der Waals surface area contributed by atoms with Crippen LogP contribution >= 0.6 is 11.6 Å². The molecule has 2 rings (SSSR count). The molecule has 0 bridgehead atoms. The molecule has 2 aromatic rings. The van der Waals surface area contributed by atoms with Gasteiger partial charge in [-0.2, -0.15) is 0 Å². The second kappa shape index (κ2) is 7.32. The number of nitrogens with zero attached hydrogens (tertiary/aromatic N) is 1. The molecule has 2 nitrogen and oxygen atoms in total. The summed E-state index contributed by atoms with van der Waals surface area (Å²) in [5, 5.41) is 4.17. The van der Waals surface area contributed by atoms with E-state index in [1.54, 1.807) is 0 Å². The maximum Gasteiger partial charge on any atom is 0.0426 e. The van der Waals surface area contributed by atoms with Crippen LogP contribution in [0, 0.1) is 0 Å². The molecule has 0 heterocycles. The van der Waals surface area contributed by atoms with Crippen molar-refractivity contribution in [2.45, 2.75) is 20.0 Å². The molecule has 0 spiro atoms. The lowest BCUT2D eigenvalue weighted by Crippen LogP contribution is -2.20.